The molecule has 2 atom stereocenters. The van der Waals surface area contributed by atoms with Crippen molar-refractivity contribution in [1.82, 2.24) is 4.90 Å². The number of likely N-dealkylation sites (tertiary alicyclic amines) is 1. The van der Waals surface area contributed by atoms with E-state index in [1.807, 2.05) is 20.8 Å². The van der Waals surface area contributed by atoms with E-state index in [0.717, 1.165) is 4.90 Å². The molecule has 0 radical (unpaired) electrons. The van der Waals surface area contributed by atoms with Gasteiger partial charge in [-0.3, -0.25) is 9.59 Å². The molecule has 0 aliphatic carbocycles. The molecule has 0 aromatic carbocycles. The van der Waals surface area contributed by atoms with Gasteiger partial charge in [-0.25, -0.2) is 0 Å². The lowest BCUT2D eigenvalue weighted by Gasteiger charge is -2.18. The van der Waals surface area contributed by atoms with Gasteiger partial charge in [0.15, 0.2) is 0 Å². The lowest BCUT2D eigenvalue weighted by Crippen LogP contribution is -2.37. The van der Waals surface area contributed by atoms with Gasteiger partial charge in [-0.05, 0) is 13.0 Å². The van der Waals surface area contributed by atoms with Gasteiger partial charge < -0.3 is 15.1 Å². The zero-order valence-electron chi connectivity index (χ0n) is 14.0. The van der Waals surface area contributed by atoms with Crippen LogP contribution < -0.4 is 5.73 Å². The predicted octanol–water partition coefficient (Wildman–Crippen LogP) is 2.62. The van der Waals surface area contributed by atoms with Crippen molar-refractivity contribution in [3.63, 3.8) is 0 Å². The van der Waals surface area contributed by atoms with E-state index in [0.29, 0.717) is 11.5 Å². The zero-order chi connectivity index (χ0) is 18.4. The average molecular weight is 346 g/mol. The van der Waals surface area contributed by atoms with Crippen LogP contribution in [0.1, 0.15) is 42.6 Å². The van der Waals surface area contributed by atoms with E-state index in [9.17, 15) is 22.8 Å². The number of halogens is 3. The summed E-state index contributed by atoms with van der Waals surface area (Å²) in [5.74, 6) is -4.08. The standard InChI is InChI=1S/C16H21F3N2O3/c1-8-9(5-12(24-8)15(2,3)4)14(23)21-6-10(13(20)22)11(7-21)16(17,18)19/h5,10-11H,6-7H2,1-4H3,(H2,20,22)/t10-,11-/m0/s1. The Morgan fingerprint density at radius 2 is 1.83 bits per heavy atom. The van der Waals surface area contributed by atoms with Gasteiger partial charge in [0.25, 0.3) is 5.91 Å². The van der Waals surface area contributed by atoms with Crippen LogP contribution in [0.4, 0.5) is 13.2 Å². The molecule has 1 aromatic heterocycles. The quantitative estimate of drug-likeness (QED) is 0.894. The minimum absolute atomic E-state index is 0.214. The number of carbonyl (C=O) groups excluding carboxylic acids is 2. The van der Waals surface area contributed by atoms with E-state index in [2.05, 4.69) is 0 Å². The molecule has 1 aromatic rings. The van der Waals surface area contributed by atoms with Crippen LogP contribution >= 0.6 is 0 Å². The third-order valence-electron chi connectivity index (χ3n) is 4.28. The molecule has 1 saturated heterocycles. The molecule has 2 N–H and O–H groups in total. The Labute approximate surface area is 138 Å². The Morgan fingerprint density at radius 1 is 1.25 bits per heavy atom. The van der Waals surface area contributed by atoms with Gasteiger partial charge >= 0.3 is 6.18 Å². The molecule has 0 saturated carbocycles. The number of aryl methyl sites for hydroxylation is 1. The van der Waals surface area contributed by atoms with E-state index < -0.39 is 36.4 Å². The number of hydrogen-bond donors (Lipinski definition) is 1. The number of hydrogen-bond acceptors (Lipinski definition) is 3. The molecule has 1 fully saturated rings. The van der Waals surface area contributed by atoms with Gasteiger partial charge in [0.2, 0.25) is 5.91 Å². The van der Waals surface area contributed by atoms with Crippen LogP contribution in [-0.2, 0) is 10.2 Å². The van der Waals surface area contributed by atoms with E-state index in [1.54, 1.807) is 13.0 Å². The fourth-order valence-electron chi connectivity index (χ4n) is 2.82. The third-order valence-corrected chi connectivity index (χ3v) is 4.28. The van der Waals surface area contributed by atoms with Gasteiger partial charge in [-0.1, -0.05) is 20.8 Å². The number of furan rings is 1. The van der Waals surface area contributed by atoms with Crippen molar-refractivity contribution in [3.05, 3.63) is 23.2 Å². The first-order valence-corrected chi connectivity index (χ1v) is 7.58. The molecule has 0 bridgehead atoms. The highest BCUT2D eigenvalue weighted by Gasteiger charge is 2.53. The molecule has 2 heterocycles. The Hall–Kier alpha value is -1.99. The Balaban J connectivity index is 2.28. The third kappa shape index (κ3) is 3.42. The van der Waals surface area contributed by atoms with Gasteiger partial charge in [0, 0.05) is 18.5 Å². The van der Waals surface area contributed by atoms with Crippen molar-refractivity contribution in [2.24, 2.45) is 17.6 Å². The van der Waals surface area contributed by atoms with Gasteiger partial charge in [0.05, 0.1) is 17.4 Å². The van der Waals surface area contributed by atoms with E-state index in [4.69, 9.17) is 10.2 Å². The zero-order valence-corrected chi connectivity index (χ0v) is 14.0. The fraction of sp³-hybridized carbons (Fsp3) is 0.625. The summed E-state index contributed by atoms with van der Waals surface area (Å²) in [7, 11) is 0. The summed E-state index contributed by atoms with van der Waals surface area (Å²) in [6.45, 7) is 6.37. The number of alkyl halides is 3. The highest BCUT2D eigenvalue weighted by Crippen LogP contribution is 2.38. The maximum absolute atomic E-state index is 13.1. The number of nitrogens with two attached hydrogens (primary N) is 1. The normalized spacial score (nSPS) is 22.0. The van der Waals surface area contributed by atoms with Crippen molar-refractivity contribution < 1.29 is 27.2 Å². The van der Waals surface area contributed by atoms with Crippen LogP contribution in [-0.4, -0.2) is 36.0 Å². The summed E-state index contributed by atoms with van der Waals surface area (Å²) < 4.78 is 44.8. The van der Waals surface area contributed by atoms with Crippen molar-refractivity contribution >= 4 is 11.8 Å². The maximum atomic E-state index is 13.1. The molecule has 5 nitrogen and oxygen atoms in total. The molecule has 24 heavy (non-hydrogen) atoms. The molecule has 2 rings (SSSR count). The monoisotopic (exact) mass is 346 g/mol. The molecule has 2 amide bonds. The second kappa shape index (κ2) is 5.82. The van der Waals surface area contributed by atoms with Crippen molar-refractivity contribution in [2.45, 2.75) is 39.3 Å². The Bertz CT molecular complexity index is 659. The highest BCUT2D eigenvalue weighted by atomic mass is 19.4. The van der Waals surface area contributed by atoms with Crippen molar-refractivity contribution in [1.29, 1.82) is 0 Å². The average Bonchev–Trinajstić information content (AvgIpc) is 3.00. The molecular weight excluding hydrogens is 325 g/mol. The summed E-state index contributed by atoms with van der Waals surface area (Å²) in [5.41, 5.74) is 4.96. The van der Waals surface area contributed by atoms with Crippen molar-refractivity contribution in [3.8, 4) is 0 Å². The number of rotatable bonds is 2. The molecule has 0 spiro atoms. The molecule has 8 heteroatoms. The largest absolute Gasteiger partial charge is 0.465 e. The van der Waals surface area contributed by atoms with E-state index >= 15 is 0 Å². The topological polar surface area (TPSA) is 76.5 Å². The first kappa shape index (κ1) is 18.4. The summed E-state index contributed by atoms with van der Waals surface area (Å²) in [6.07, 6.45) is -4.59. The lowest BCUT2D eigenvalue weighted by atomic mass is 9.93. The second-order valence-electron chi connectivity index (χ2n) is 7.20. The predicted molar refractivity (Wildman–Crippen MR) is 80.3 cm³/mol. The summed E-state index contributed by atoms with van der Waals surface area (Å²) in [4.78, 5) is 25.0. The first-order valence-electron chi connectivity index (χ1n) is 7.58. The Kier molecular flexibility index (Phi) is 4.45. The fourth-order valence-corrected chi connectivity index (χ4v) is 2.82. The molecule has 134 valence electrons. The van der Waals surface area contributed by atoms with Gasteiger partial charge in [-0.15, -0.1) is 0 Å². The van der Waals surface area contributed by atoms with E-state index in [-0.39, 0.29) is 17.5 Å². The van der Waals surface area contributed by atoms with Crippen LogP contribution in [0.15, 0.2) is 10.5 Å². The van der Waals surface area contributed by atoms with Crippen LogP contribution in [0, 0.1) is 18.8 Å². The maximum Gasteiger partial charge on any atom is 0.394 e. The van der Waals surface area contributed by atoms with Crippen molar-refractivity contribution in [2.75, 3.05) is 13.1 Å². The van der Waals surface area contributed by atoms with E-state index in [1.165, 1.54) is 0 Å². The molecule has 1 aliphatic rings. The minimum atomic E-state index is -4.59. The van der Waals surface area contributed by atoms with Crippen LogP contribution in [0.25, 0.3) is 0 Å². The minimum Gasteiger partial charge on any atom is -0.465 e. The summed E-state index contributed by atoms with van der Waals surface area (Å²) >= 11 is 0. The SMILES string of the molecule is Cc1oc(C(C)(C)C)cc1C(=O)N1C[C@H](C(N)=O)[C@@H](C(F)(F)F)C1. The number of amides is 2. The smallest absolute Gasteiger partial charge is 0.394 e. The van der Waals surface area contributed by atoms with Crippen LogP contribution in [0.5, 0.6) is 0 Å². The van der Waals surface area contributed by atoms with Gasteiger partial charge in [0.1, 0.15) is 11.5 Å². The second-order valence-corrected chi connectivity index (χ2v) is 7.20. The molecule has 0 unspecified atom stereocenters. The van der Waals surface area contributed by atoms with Crippen LogP contribution in [0.2, 0.25) is 0 Å². The number of primary amides is 1. The number of nitrogens with zero attached hydrogens (tertiary/aromatic N) is 1. The molecule has 1 aliphatic heterocycles. The Morgan fingerprint density at radius 3 is 2.21 bits per heavy atom. The van der Waals surface area contributed by atoms with Crippen LogP contribution in [0.3, 0.4) is 0 Å². The van der Waals surface area contributed by atoms with Gasteiger partial charge in [-0.2, -0.15) is 13.2 Å². The summed E-state index contributed by atoms with van der Waals surface area (Å²) in [6, 6.07) is 1.55. The first-order chi connectivity index (χ1) is 10.8. The molecular formula is C16H21F3N2O3. The summed E-state index contributed by atoms with van der Waals surface area (Å²) in [5, 5.41) is 0. The lowest BCUT2D eigenvalue weighted by molar-refractivity contribution is -0.182. The number of carbonyl (C=O) groups is 2. The highest BCUT2D eigenvalue weighted by molar-refractivity contribution is 5.96.